The fourth-order valence-corrected chi connectivity index (χ4v) is 3.68. The molecule has 0 aliphatic heterocycles. The topological polar surface area (TPSA) is 99.9 Å². The summed E-state index contributed by atoms with van der Waals surface area (Å²) in [5.41, 5.74) is 13.7. The van der Waals surface area contributed by atoms with Crippen molar-refractivity contribution in [3.8, 4) is 5.75 Å². The molecule has 0 fully saturated rings. The molecular weight excluding hydrogens is 306 g/mol. The van der Waals surface area contributed by atoms with Gasteiger partial charge in [-0.25, -0.2) is 0 Å². The minimum atomic E-state index is -1.10. The second-order valence-corrected chi connectivity index (χ2v) is 6.88. The van der Waals surface area contributed by atoms with E-state index in [1.165, 1.54) is 7.11 Å². The third-order valence-corrected chi connectivity index (χ3v) is 4.64. The summed E-state index contributed by atoms with van der Waals surface area (Å²) in [4.78, 5) is 11.2. The molecule has 4 N–H and O–H groups in total. The number of methoxy groups -OCH3 is 1. The smallest absolute Gasteiger partial charge is 0.128 e. The molecular formula is C18H23N3O3. The van der Waals surface area contributed by atoms with Crippen LogP contribution in [0.25, 0.3) is 0 Å². The number of allylic oxidation sites excluding steroid dienone is 2. The van der Waals surface area contributed by atoms with Crippen LogP contribution in [0.2, 0.25) is 0 Å². The lowest BCUT2D eigenvalue weighted by Crippen LogP contribution is -2.53. The van der Waals surface area contributed by atoms with Crippen molar-refractivity contribution in [1.82, 2.24) is 0 Å². The number of hydrogen-bond acceptors (Lipinski definition) is 6. The van der Waals surface area contributed by atoms with Crippen molar-refractivity contribution < 1.29 is 9.47 Å². The molecule has 24 heavy (non-hydrogen) atoms. The molecule has 0 saturated heterocycles. The first-order valence-electron chi connectivity index (χ1n) is 7.94. The Hall–Kier alpha value is -2.02. The number of benzene rings is 1. The molecule has 2 aliphatic rings. The first kappa shape index (κ1) is 16.8. The number of fused-ring (bicyclic) bond motifs is 1. The van der Waals surface area contributed by atoms with E-state index in [-0.39, 0.29) is 0 Å². The summed E-state index contributed by atoms with van der Waals surface area (Å²) < 4.78 is 11.8. The predicted molar refractivity (Wildman–Crippen MR) is 93.0 cm³/mol. The summed E-state index contributed by atoms with van der Waals surface area (Å²) >= 11 is 0. The second kappa shape index (κ2) is 5.81. The molecule has 3 rings (SSSR count). The first-order valence-corrected chi connectivity index (χ1v) is 7.94. The zero-order valence-corrected chi connectivity index (χ0v) is 14.2. The van der Waals surface area contributed by atoms with Crippen LogP contribution >= 0.6 is 0 Å². The minimum Gasteiger partial charge on any atom is -0.483 e. The third kappa shape index (κ3) is 2.77. The number of rotatable bonds is 4. The third-order valence-electron chi connectivity index (χ3n) is 4.64. The van der Waals surface area contributed by atoms with E-state index in [1.54, 1.807) is 12.1 Å². The lowest BCUT2D eigenvalue weighted by atomic mass is 9.93. The number of nitrogens with two attached hydrogens (primary N) is 2. The highest BCUT2D eigenvalue weighted by atomic mass is 16.5. The molecule has 2 aliphatic carbocycles. The number of hydrogen-bond donors (Lipinski definition) is 2. The van der Waals surface area contributed by atoms with Crippen molar-refractivity contribution in [2.75, 3.05) is 7.11 Å². The zero-order valence-electron chi connectivity index (χ0n) is 14.2. The highest BCUT2D eigenvalue weighted by molar-refractivity contribution is 5.61. The minimum absolute atomic E-state index is 0.294. The Morgan fingerprint density at radius 1 is 1.33 bits per heavy atom. The van der Waals surface area contributed by atoms with E-state index in [4.69, 9.17) is 20.9 Å². The summed E-state index contributed by atoms with van der Waals surface area (Å²) in [7, 11) is 1.52. The van der Waals surface area contributed by atoms with Gasteiger partial charge in [0, 0.05) is 31.1 Å². The summed E-state index contributed by atoms with van der Waals surface area (Å²) in [6.45, 7) is 4.06. The van der Waals surface area contributed by atoms with Crippen molar-refractivity contribution in [1.29, 1.82) is 0 Å². The van der Waals surface area contributed by atoms with E-state index in [0.717, 1.165) is 17.6 Å². The van der Waals surface area contributed by atoms with Gasteiger partial charge in [-0.05, 0) is 37.2 Å². The van der Waals surface area contributed by atoms with E-state index in [2.05, 4.69) is 23.4 Å². The summed E-state index contributed by atoms with van der Waals surface area (Å²) in [5.74, 6) is 0.666. The Balaban J connectivity index is 2.05. The average Bonchev–Trinajstić information content (AvgIpc) is 2.78. The Morgan fingerprint density at radius 3 is 2.71 bits per heavy atom. The van der Waals surface area contributed by atoms with Crippen LogP contribution in [0.4, 0.5) is 5.69 Å². The Labute approximate surface area is 141 Å². The first-order chi connectivity index (χ1) is 11.3. The highest BCUT2D eigenvalue weighted by Gasteiger charge is 2.45. The van der Waals surface area contributed by atoms with Gasteiger partial charge in [0.05, 0.1) is 5.66 Å². The van der Waals surface area contributed by atoms with Crippen molar-refractivity contribution in [2.24, 2.45) is 16.6 Å². The molecule has 0 spiro atoms. The zero-order chi connectivity index (χ0) is 17.5. The van der Waals surface area contributed by atoms with Crippen LogP contribution in [-0.4, -0.2) is 18.4 Å². The standard InChI is InChI=1S/C18H23N3O3/c1-11-5-4-8-17(2,9-11)24-14-7-6-13(21-22)15-12(14)10-18(19,20)16(15)23-3/h4-7,9,16H,8,10,19-20H2,1-3H3/t16-,17?/m0/s1. The van der Waals surface area contributed by atoms with E-state index in [1.807, 2.05) is 13.8 Å². The summed E-state index contributed by atoms with van der Waals surface area (Å²) in [6, 6.07) is 3.39. The fraction of sp³-hybridized carbons (Fsp3) is 0.444. The molecule has 1 unspecified atom stereocenters. The van der Waals surface area contributed by atoms with Crippen molar-refractivity contribution >= 4 is 5.69 Å². The molecule has 0 amide bonds. The van der Waals surface area contributed by atoms with Crippen LogP contribution in [0.1, 0.15) is 37.5 Å². The van der Waals surface area contributed by atoms with Crippen molar-refractivity contribution in [2.45, 2.75) is 44.1 Å². The highest BCUT2D eigenvalue weighted by Crippen LogP contribution is 2.47. The lowest BCUT2D eigenvalue weighted by molar-refractivity contribution is 0.0484. The number of nitrogens with zero attached hydrogens (tertiary/aromatic N) is 1. The fourth-order valence-electron chi connectivity index (χ4n) is 3.68. The Bertz CT molecular complexity index is 739. The van der Waals surface area contributed by atoms with Gasteiger partial charge in [-0.15, -0.1) is 4.91 Å². The molecule has 128 valence electrons. The predicted octanol–water partition coefficient (Wildman–Crippen LogP) is 2.99. The number of ether oxygens (including phenoxy) is 2. The van der Waals surface area contributed by atoms with Gasteiger partial charge < -0.3 is 20.9 Å². The maximum absolute atomic E-state index is 11.2. The van der Waals surface area contributed by atoms with Crippen LogP contribution in [0.5, 0.6) is 5.75 Å². The lowest BCUT2D eigenvalue weighted by Gasteiger charge is -2.30. The van der Waals surface area contributed by atoms with Crippen LogP contribution in [-0.2, 0) is 11.2 Å². The molecule has 2 atom stereocenters. The Kier molecular flexibility index (Phi) is 4.07. The van der Waals surface area contributed by atoms with E-state index in [9.17, 15) is 4.91 Å². The van der Waals surface area contributed by atoms with E-state index in [0.29, 0.717) is 23.4 Å². The SMILES string of the molecule is CO[C@H]1c2c(N=O)ccc(OC3(C)C=C(C)C=CC3)c2CC1(N)N. The maximum atomic E-state index is 11.2. The summed E-state index contributed by atoms with van der Waals surface area (Å²) in [6.07, 6.45) is 6.77. The molecule has 0 heterocycles. The maximum Gasteiger partial charge on any atom is 0.128 e. The van der Waals surface area contributed by atoms with Gasteiger partial charge >= 0.3 is 0 Å². The molecule has 1 aromatic carbocycles. The monoisotopic (exact) mass is 329 g/mol. The van der Waals surface area contributed by atoms with Crippen LogP contribution < -0.4 is 16.2 Å². The van der Waals surface area contributed by atoms with Gasteiger partial charge in [0.15, 0.2) is 0 Å². The number of nitroso groups, excluding NO2 is 1. The van der Waals surface area contributed by atoms with Crippen molar-refractivity contribution in [3.05, 3.63) is 52.0 Å². The van der Waals surface area contributed by atoms with Gasteiger partial charge in [0.25, 0.3) is 0 Å². The van der Waals surface area contributed by atoms with Gasteiger partial charge in [-0.2, -0.15) is 0 Å². The van der Waals surface area contributed by atoms with Gasteiger partial charge in [0.1, 0.15) is 23.1 Å². The molecule has 0 radical (unpaired) electrons. The van der Waals surface area contributed by atoms with Crippen LogP contribution in [0.3, 0.4) is 0 Å². The normalized spacial score (nSPS) is 27.5. The molecule has 0 saturated carbocycles. The largest absolute Gasteiger partial charge is 0.483 e. The second-order valence-electron chi connectivity index (χ2n) is 6.88. The van der Waals surface area contributed by atoms with Crippen LogP contribution in [0.15, 0.2) is 41.1 Å². The summed E-state index contributed by atoms with van der Waals surface area (Å²) in [5, 5.41) is 3.10. The molecule has 0 aromatic heterocycles. The molecule has 1 aromatic rings. The van der Waals surface area contributed by atoms with E-state index >= 15 is 0 Å². The molecule has 0 bridgehead atoms. The van der Waals surface area contributed by atoms with Crippen molar-refractivity contribution in [3.63, 3.8) is 0 Å². The molecule has 6 nitrogen and oxygen atoms in total. The Morgan fingerprint density at radius 2 is 2.08 bits per heavy atom. The van der Waals surface area contributed by atoms with Crippen LogP contribution in [0, 0.1) is 4.91 Å². The van der Waals surface area contributed by atoms with Gasteiger partial charge in [-0.1, -0.05) is 17.7 Å². The molecule has 6 heteroatoms. The van der Waals surface area contributed by atoms with Gasteiger partial charge in [0.2, 0.25) is 0 Å². The average molecular weight is 329 g/mol. The quantitative estimate of drug-likeness (QED) is 0.653. The van der Waals surface area contributed by atoms with E-state index < -0.39 is 17.4 Å². The van der Waals surface area contributed by atoms with Gasteiger partial charge in [-0.3, -0.25) is 0 Å².